The molecule has 1 heterocycles. The summed E-state index contributed by atoms with van der Waals surface area (Å²) in [5, 5.41) is 10.1. The molecule has 2 N–H and O–H groups in total. The standard InChI is InChI=1S/C52H41N3/c1-52(2)46-33-41(30-31-44(46)47-45(37-16-8-4-9-17-37)32-42-20-12-13-21-43(42)48(47)52)36-24-28-40(29-25-36)51-54-49(38-18-10-5-11-19-38)53-50(55-51)39-26-22-35(23-27-39)34-14-6-3-7-15-34/h3-33,49,51,54H,1-2H3,(H,53,55). The van der Waals surface area contributed by atoms with E-state index in [1.165, 1.54) is 72.0 Å². The van der Waals surface area contributed by atoms with Gasteiger partial charge in [0.15, 0.2) is 0 Å². The van der Waals surface area contributed by atoms with E-state index in [2.05, 4.69) is 213 Å². The number of nitrogens with one attached hydrogen (secondary N) is 2. The Morgan fingerprint density at radius 2 is 1.04 bits per heavy atom. The summed E-state index contributed by atoms with van der Waals surface area (Å²) in [5.74, 6) is 0.879. The number of rotatable bonds is 6. The van der Waals surface area contributed by atoms with Crippen LogP contribution in [0, 0.1) is 0 Å². The Bertz CT molecular complexity index is 2700. The van der Waals surface area contributed by atoms with Gasteiger partial charge in [-0.2, -0.15) is 0 Å². The van der Waals surface area contributed by atoms with Crippen molar-refractivity contribution in [2.75, 3.05) is 0 Å². The van der Waals surface area contributed by atoms with E-state index < -0.39 is 0 Å². The number of hydrogen-bond donors (Lipinski definition) is 2. The van der Waals surface area contributed by atoms with E-state index in [0.29, 0.717) is 0 Å². The molecule has 3 nitrogen and oxygen atoms in total. The summed E-state index contributed by atoms with van der Waals surface area (Å²) in [5.41, 5.74) is 16.0. The van der Waals surface area contributed by atoms with E-state index in [9.17, 15) is 0 Å². The van der Waals surface area contributed by atoms with Gasteiger partial charge in [-0.15, -0.1) is 0 Å². The first-order valence-corrected chi connectivity index (χ1v) is 19.2. The molecule has 55 heavy (non-hydrogen) atoms. The third-order valence-electron chi connectivity index (χ3n) is 11.5. The van der Waals surface area contributed by atoms with E-state index in [4.69, 9.17) is 4.99 Å². The van der Waals surface area contributed by atoms with E-state index in [1.54, 1.807) is 0 Å². The van der Waals surface area contributed by atoms with Crippen LogP contribution in [0.4, 0.5) is 0 Å². The van der Waals surface area contributed by atoms with Crippen molar-refractivity contribution in [1.29, 1.82) is 0 Å². The first-order valence-electron chi connectivity index (χ1n) is 19.2. The minimum atomic E-state index is -0.220. The molecule has 0 radical (unpaired) electrons. The maximum absolute atomic E-state index is 5.24. The third kappa shape index (κ3) is 5.85. The van der Waals surface area contributed by atoms with E-state index >= 15 is 0 Å². The molecule has 0 spiro atoms. The van der Waals surface area contributed by atoms with Crippen molar-refractivity contribution < 1.29 is 0 Å². The van der Waals surface area contributed by atoms with E-state index in [1.807, 2.05) is 0 Å². The molecule has 10 rings (SSSR count). The first kappa shape index (κ1) is 33.1. The molecule has 0 saturated heterocycles. The van der Waals surface area contributed by atoms with Gasteiger partial charge in [-0.3, -0.25) is 5.32 Å². The number of nitrogens with zero attached hydrogens (tertiary/aromatic N) is 1. The number of amidine groups is 1. The van der Waals surface area contributed by atoms with Crippen LogP contribution in [0.15, 0.2) is 193 Å². The summed E-state index contributed by atoms with van der Waals surface area (Å²) < 4.78 is 0. The number of aliphatic imine (C=N–C) groups is 1. The van der Waals surface area contributed by atoms with Gasteiger partial charge in [0.25, 0.3) is 0 Å². The summed E-state index contributed by atoms with van der Waals surface area (Å²) in [6.45, 7) is 4.78. The van der Waals surface area contributed by atoms with Crippen LogP contribution in [-0.2, 0) is 5.41 Å². The lowest BCUT2D eigenvalue weighted by Gasteiger charge is -2.32. The van der Waals surface area contributed by atoms with Crippen LogP contribution in [0.2, 0.25) is 0 Å². The second kappa shape index (κ2) is 13.4. The van der Waals surface area contributed by atoms with Crippen LogP contribution in [0.3, 0.4) is 0 Å². The van der Waals surface area contributed by atoms with Crippen molar-refractivity contribution in [2.45, 2.75) is 31.6 Å². The molecule has 0 aromatic heterocycles. The smallest absolute Gasteiger partial charge is 0.131 e. The summed E-state index contributed by atoms with van der Waals surface area (Å²) >= 11 is 0. The van der Waals surface area contributed by atoms with Crippen LogP contribution >= 0.6 is 0 Å². The Morgan fingerprint density at radius 1 is 0.473 bits per heavy atom. The Balaban J connectivity index is 0.998. The number of hydrogen-bond acceptors (Lipinski definition) is 3. The van der Waals surface area contributed by atoms with Crippen LogP contribution < -0.4 is 10.6 Å². The molecule has 0 amide bonds. The molecule has 8 aromatic rings. The van der Waals surface area contributed by atoms with Crippen molar-refractivity contribution in [3.63, 3.8) is 0 Å². The molecule has 0 saturated carbocycles. The van der Waals surface area contributed by atoms with Crippen LogP contribution in [0.5, 0.6) is 0 Å². The Labute approximate surface area is 323 Å². The second-order valence-corrected chi connectivity index (χ2v) is 15.2. The molecule has 264 valence electrons. The first-order chi connectivity index (χ1) is 27.0. The monoisotopic (exact) mass is 707 g/mol. The molecule has 2 aliphatic rings. The fraction of sp³-hybridized carbons (Fsp3) is 0.0962. The van der Waals surface area contributed by atoms with Gasteiger partial charge in [0.05, 0.1) is 0 Å². The van der Waals surface area contributed by atoms with Crippen LogP contribution in [-0.4, -0.2) is 5.84 Å². The van der Waals surface area contributed by atoms with Gasteiger partial charge >= 0.3 is 0 Å². The van der Waals surface area contributed by atoms with E-state index in [-0.39, 0.29) is 17.7 Å². The van der Waals surface area contributed by atoms with Gasteiger partial charge < -0.3 is 5.32 Å². The Morgan fingerprint density at radius 3 is 1.76 bits per heavy atom. The summed E-state index contributed by atoms with van der Waals surface area (Å²) in [6.07, 6.45) is -0.313. The molecule has 1 aliphatic carbocycles. The fourth-order valence-corrected chi connectivity index (χ4v) is 8.72. The minimum Gasteiger partial charge on any atom is -0.350 e. The predicted octanol–water partition coefficient (Wildman–Crippen LogP) is 12.5. The Hall–Kier alpha value is -6.55. The molecular weight excluding hydrogens is 667 g/mol. The maximum atomic E-state index is 5.24. The average molecular weight is 708 g/mol. The average Bonchev–Trinajstić information content (AvgIpc) is 3.50. The number of benzene rings is 8. The largest absolute Gasteiger partial charge is 0.350 e. The molecule has 1 aliphatic heterocycles. The van der Waals surface area contributed by atoms with Gasteiger partial charge in [-0.05, 0) is 89.7 Å². The predicted molar refractivity (Wildman–Crippen MR) is 229 cm³/mol. The zero-order chi connectivity index (χ0) is 36.9. The zero-order valence-electron chi connectivity index (χ0n) is 31.0. The van der Waals surface area contributed by atoms with Gasteiger partial charge in [-0.25, -0.2) is 4.99 Å². The molecule has 2 atom stereocenters. The third-order valence-corrected chi connectivity index (χ3v) is 11.5. The van der Waals surface area contributed by atoms with Crippen molar-refractivity contribution in [2.24, 2.45) is 4.99 Å². The topological polar surface area (TPSA) is 36.4 Å². The van der Waals surface area contributed by atoms with E-state index in [0.717, 1.165) is 17.0 Å². The second-order valence-electron chi connectivity index (χ2n) is 15.2. The molecule has 0 bridgehead atoms. The van der Waals surface area contributed by atoms with Crippen molar-refractivity contribution in [1.82, 2.24) is 10.6 Å². The lowest BCUT2D eigenvalue weighted by atomic mass is 9.79. The molecular formula is C52H41N3. The van der Waals surface area contributed by atoms with Gasteiger partial charge in [-0.1, -0.05) is 190 Å². The molecule has 0 fully saturated rings. The molecule has 3 heteroatoms. The highest BCUT2D eigenvalue weighted by atomic mass is 15.3. The lowest BCUT2D eigenvalue weighted by Crippen LogP contribution is -2.44. The molecule has 8 aromatic carbocycles. The van der Waals surface area contributed by atoms with Gasteiger partial charge in [0.1, 0.15) is 18.2 Å². The van der Waals surface area contributed by atoms with Crippen molar-refractivity contribution in [3.05, 3.63) is 216 Å². The van der Waals surface area contributed by atoms with Gasteiger partial charge in [0.2, 0.25) is 0 Å². The highest BCUT2D eigenvalue weighted by Gasteiger charge is 2.39. The van der Waals surface area contributed by atoms with Crippen molar-refractivity contribution in [3.8, 4) is 44.5 Å². The number of fused-ring (bicyclic) bond motifs is 5. The zero-order valence-corrected chi connectivity index (χ0v) is 31.0. The quantitative estimate of drug-likeness (QED) is 0.180. The summed E-state index contributed by atoms with van der Waals surface area (Å²) in [4.78, 5) is 5.24. The fourth-order valence-electron chi connectivity index (χ4n) is 8.72. The lowest BCUT2D eigenvalue weighted by molar-refractivity contribution is 0.409. The van der Waals surface area contributed by atoms with Crippen LogP contribution in [0.25, 0.3) is 55.3 Å². The minimum absolute atomic E-state index is 0.0930. The highest BCUT2D eigenvalue weighted by Crippen LogP contribution is 2.55. The van der Waals surface area contributed by atoms with Gasteiger partial charge in [0, 0.05) is 11.0 Å². The van der Waals surface area contributed by atoms with Crippen LogP contribution in [0.1, 0.15) is 54.0 Å². The summed E-state index contributed by atoms with van der Waals surface area (Å²) in [6, 6.07) is 67.9. The highest BCUT2D eigenvalue weighted by molar-refractivity contribution is 6.05. The maximum Gasteiger partial charge on any atom is 0.131 e. The normalized spacial score (nSPS) is 16.9. The summed E-state index contributed by atoms with van der Waals surface area (Å²) in [7, 11) is 0. The SMILES string of the molecule is CC1(C)c2cc(-c3ccc(C4N=C(c5ccc(-c6ccccc6)cc5)NC(c5ccccc5)N4)cc3)ccc2-c2c(-c3ccccc3)cc3ccccc3c21. The molecule has 2 unspecified atom stereocenters. The Kier molecular flexibility index (Phi) is 8.04. The van der Waals surface area contributed by atoms with Crippen molar-refractivity contribution >= 4 is 16.6 Å².